The van der Waals surface area contributed by atoms with Gasteiger partial charge in [-0.25, -0.2) is 0 Å². The second kappa shape index (κ2) is 3.23. The Kier molecular flexibility index (Phi) is 2.26. The van der Waals surface area contributed by atoms with Gasteiger partial charge < -0.3 is 5.11 Å². The molecule has 0 unspecified atom stereocenters. The number of benzene rings is 1. The minimum atomic E-state index is -4.32. The van der Waals surface area contributed by atoms with Crippen LogP contribution in [0.2, 0.25) is 0 Å². The third-order valence-corrected chi connectivity index (χ3v) is 3.12. The van der Waals surface area contributed by atoms with Gasteiger partial charge in [-0.1, -0.05) is 30.3 Å². The van der Waals surface area contributed by atoms with E-state index in [-0.39, 0.29) is 6.42 Å². The summed E-state index contributed by atoms with van der Waals surface area (Å²) < 4.78 is 38.0. The quantitative estimate of drug-likeness (QED) is 0.805. The predicted molar refractivity (Wildman–Crippen MR) is 49.4 cm³/mol. The van der Waals surface area contributed by atoms with Gasteiger partial charge in [0.15, 0.2) is 0 Å². The maximum absolute atomic E-state index is 12.7. The van der Waals surface area contributed by atoms with Crippen molar-refractivity contribution in [3.05, 3.63) is 35.9 Å². The van der Waals surface area contributed by atoms with E-state index in [0.717, 1.165) is 0 Å². The van der Waals surface area contributed by atoms with Crippen LogP contribution in [0.15, 0.2) is 30.3 Å². The van der Waals surface area contributed by atoms with E-state index in [1.807, 2.05) is 0 Å². The average molecular weight is 216 g/mol. The first-order chi connectivity index (χ1) is 7.01. The molecule has 82 valence electrons. The van der Waals surface area contributed by atoms with Crippen LogP contribution in [-0.4, -0.2) is 17.9 Å². The van der Waals surface area contributed by atoms with Crippen molar-refractivity contribution in [1.29, 1.82) is 0 Å². The fourth-order valence-electron chi connectivity index (χ4n) is 2.01. The monoisotopic (exact) mass is 216 g/mol. The van der Waals surface area contributed by atoms with E-state index in [1.165, 1.54) is 0 Å². The Morgan fingerprint density at radius 1 is 1.27 bits per heavy atom. The van der Waals surface area contributed by atoms with Crippen molar-refractivity contribution in [3.8, 4) is 0 Å². The Bertz CT molecular complexity index is 347. The first-order valence-corrected chi connectivity index (χ1v) is 4.74. The van der Waals surface area contributed by atoms with Crippen molar-refractivity contribution >= 4 is 0 Å². The standard InChI is InChI=1S/C11H11F3O/c12-11(13,14)10(7-15)6-9(10)8-4-2-1-3-5-8/h1-5,9,15H,6-7H2/t9-,10+/m0/s1. The molecule has 0 aromatic heterocycles. The van der Waals surface area contributed by atoms with Crippen LogP contribution in [0.4, 0.5) is 13.2 Å². The summed E-state index contributed by atoms with van der Waals surface area (Å²) in [6.45, 7) is -0.823. The number of halogens is 3. The molecule has 0 aliphatic heterocycles. The first kappa shape index (κ1) is 10.5. The number of hydrogen-bond acceptors (Lipinski definition) is 1. The van der Waals surface area contributed by atoms with Crippen LogP contribution in [0, 0.1) is 5.41 Å². The molecule has 0 amide bonds. The van der Waals surface area contributed by atoms with Gasteiger partial charge in [0.05, 0.1) is 12.0 Å². The van der Waals surface area contributed by atoms with Crippen LogP contribution in [0.25, 0.3) is 0 Å². The summed E-state index contributed by atoms with van der Waals surface area (Å²) in [6.07, 6.45) is -4.32. The highest BCUT2D eigenvalue weighted by molar-refractivity contribution is 5.31. The largest absolute Gasteiger partial charge is 0.397 e. The lowest BCUT2D eigenvalue weighted by Crippen LogP contribution is -2.29. The maximum atomic E-state index is 12.7. The number of rotatable bonds is 2. The fraction of sp³-hybridized carbons (Fsp3) is 0.455. The van der Waals surface area contributed by atoms with Crippen molar-refractivity contribution in [2.75, 3.05) is 6.61 Å². The van der Waals surface area contributed by atoms with E-state index in [2.05, 4.69) is 0 Å². The average Bonchev–Trinajstić information content (AvgIpc) is 2.94. The molecule has 2 atom stereocenters. The highest BCUT2D eigenvalue weighted by atomic mass is 19.4. The lowest BCUT2D eigenvalue weighted by molar-refractivity contribution is -0.198. The second-order valence-corrected chi connectivity index (χ2v) is 3.98. The molecule has 0 saturated heterocycles. The molecule has 1 aliphatic rings. The molecule has 1 saturated carbocycles. The van der Waals surface area contributed by atoms with Crippen LogP contribution in [0.1, 0.15) is 17.9 Å². The van der Waals surface area contributed by atoms with E-state index in [9.17, 15) is 13.2 Å². The molecule has 15 heavy (non-hydrogen) atoms. The summed E-state index contributed by atoms with van der Waals surface area (Å²) in [5.74, 6) is -0.580. The molecule has 1 aromatic carbocycles. The van der Waals surface area contributed by atoms with Gasteiger partial charge in [0.2, 0.25) is 0 Å². The molecule has 2 rings (SSSR count). The predicted octanol–water partition coefficient (Wildman–Crippen LogP) is 2.71. The van der Waals surface area contributed by atoms with Crippen molar-refractivity contribution in [2.24, 2.45) is 5.41 Å². The van der Waals surface area contributed by atoms with Gasteiger partial charge in [-0.3, -0.25) is 0 Å². The van der Waals surface area contributed by atoms with Gasteiger partial charge in [0.25, 0.3) is 0 Å². The Labute approximate surface area is 85.5 Å². The highest BCUT2D eigenvalue weighted by Crippen LogP contribution is 2.66. The molecule has 0 spiro atoms. The van der Waals surface area contributed by atoms with E-state index in [0.29, 0.717) is 5.56 Å². The van der Waals surface area contributed by atoms with Gasteiger partial charge in [-0.2, -0.15) is 13.2 Å². The van der Waals surface area contributed by atoms with Crippen molar-refractivity contribution < 1.29 is 18.3 Å². The zero-order valence-electron chi connectivity index (χ0n) is 7.96. The van der Waals surface area contributed by atoms with E-state index in [1.54, 1.807) is 30.3 Å². The molecule has 0 bridgehead atoms. The zero-order chi connectivity index (χ0) is 11.1. The van der Waals surface area contributed by atoms with Gasteiger partial charge in [-0.05, 0) is 12.0 Å². The van der Waals surface area contributed by atoms with Gasteiger partial charge in [-0.15, -0.1) is 0 Å². The molecular formula is C11H11F3O. The summed E-state index contributed by atoms with van der Waals surface area (Å²) >= 11 is 0. The minimum Gasteiger partial charge on any atom is -0.395 e. The molecule has 0 radical (unpaired) electrons. The Balaban J connectivity index is 2.24. The lowest BCUT2D eigenvalue weighted by atomic mass is 9.99. The summed E-state index contributed by atoms with van der Waals surface area (Å²) in [7, 11) is 0. The number of aliphatic hydroxyl groups is 1. The SMILES string of the molecule is OC[C@]1(C(F)(F)F)C[C@H]1c1ccccc1. The third-order valence-electron chi connectivity index (χ3n) is 3.12. The topological polar surface area (TPSA) is 20.2 Å². The molecule has 1 aromatic rings. The third kappa shape index (κ3) is 1.53. The summed E-state index contributed by atoms with van der Waals surface area (Å²) in [5.41, 5.74) is -1.24. The molecule has 4 heteroatoms. The van der Waals surface area contributed by atoms with Crippen LogP contribution >= 0.6 is 0 Å². The van der Waals surface area contributed by atoms with Gasteiger partial charge in [0.1, 0.15) is 0 Å². The number of hydrogen-bond donors (Lipinski definition) is 1. The van der Waals surface area contributed by atoms with E-state index in [4.69, 9.17) is 5.11 Å². The maximum Gasteiger partial charge on any atom is 0.397 e. The Morgan fingerprint density at radius 3 is 2.27 bits per heavy atom. The molecule has 1 aliphatic carbocycles. The normalized spacial score (nSPS) is 30.3. The van der Waals surface area contributed by atoms with Gasteiger partial charge in [0, 0.05) is 5.92 Å². The summed E-state index contributed by atoms with van der Waals surface area (Å²) in [5, 5.41) is 8.90. The molecule has 1 fully saturated rings. The molecular weight excluding hydrogens is 205 g/mol. The first-order valence-electron chi connectivity index (χ1n) is 4.74. The smallest absolute Gasteiger partial charge is 0.395 e. The lowest BCUT2D eigenvalue weighted by Gasteiger charge is -2.18. The van der Waals surface area contributed by atoms with Crippen molar-refractivity contribution in [2.45, 2.75) is 18.5 Å². The summed E-state index contributed by atoms with van der Waals surface area (Å²) in [6, 6.07) is 8.54. The molecule has 0 heterocycles. The Hall–Kier alpha value is -1.03. The van der Waals surface area contributed by atoms with Gasteiger partial charge >= 0.3 is 6.18 Å². The van der Waals surface area contributed by atoms with Crippen molar-refractivity contribution in [1.82, 2.24) is 0 Å². The zero-order valence-corrected chi connectivity index (χ0v) is 7.96. The van der Waals surface area contributed by atoms with E-state index < -0.39 is 24.1 Å². The minimum absolute atomic E-state index is 0.00296. The number of aliphatic hydroxyl groups excluding tert-OH is 1. The van der Waals surface area contributed by atoms with Crippen LogP contribution in [0.5, 0.6) is 0 Å². The molecule has 1 nitrogen and oxygen atoms in total. The van der Waals surface area contributed by atoms with Crippen molar-refractivity contribution in [3.63, 3.8) is 0 Å². The van der Waals surface area contributed by atoms with E-state index >= 15 is 0 Å². The number of alkyl halides is 3. The van der Waals surface area contributed by atoms with Crippen LogP contribution in [0.3, 0.4) is 0 Å². The van der Waals surface area contributed by atoms with Crippen LogP contribution < -0.4 is 0 Å². The van der Waals surface area contributed by atoms with Crippen LogP contribution in [-0.2, 0) is 0 Å². The highest BCUT2D eigenvalue weighted by Gasteiger charge is 2.70. The summed E-state index contributed by atoms with van der Waals surface area (Å²) in [4.78, 5) is 0. The Morgan fingerprint density at radius 2 is 1.87 bits per heavy atom. The fourth-order valence-corrected chi connectivity index (χ4v) is 2.01. The second-order valence-electron chi connectivity index (χ2n) is 3.98. The molecule has 1 N–H and O–H groups in total.